The molecule has 72 valence electrons. The van der Waals surface area contributed by atoms with Gasteiger partial charge in [0.05, 0.1) is 6.61 Å². The molecule has 0 radical (unpaired) electrons. The highest BCUT2D eigenvalue weighted by molar-refractivity contribution is 7.99. The van der Waals surface area contributed by atoms with Crippen LogP contribution in [0.4, 0.5) is 0 Å². The Labute approximate surface area is 79.2 Å². The second-order valence-corrected chi connectivity index (χ2v) is 4.81. The van der Waals surface area contributed by atoms with Gasteiger partial charge in [-0.2, -0.15) is 11.8 Å². The van der Waals surface area contributed by atoms with Gasteiger partial charge < -0.3 is 10.5 Å². The molecular weight excluding hydrogens is 170 g/mol. The van der Waals surface area contributed by atoms with Gasteiger partial charge in [0.25, 0.3) is 0 Å². The zero-order chi connectivity index (χ0) is 8.81. The summed E-state index contributed by atoms with van der Waals surface area (Å²) in [7, 11) is 1.76. The third kappa shape index (κ3) is 3.78. The van der Waals surface area contributed by atoms with Gasteiger partial charge in [-0.3, -0.25) is 0 Å². The van der Waals surface area contributed by atoms with Crippen LogP contribution in [0.2, 0.25) is 0 Å². The van der Waals surface area contributed by atoms with Crippen molar-refractivity contribution in [2.75, 3.05) is 19.5 Å². The Morgan fingerprint density at radius 3 is 2.58 bits per heavy atom. The van der Waals surface area contributed by atoms with E-state index in [1.807, 2.05) is 11.8 Å². The highest BCUT2D eigenvalue weighted by Crippen LogP contribution is 2.27. The summed E-state index contributed by atoms with van der Waals surface area (Å²) < 4.78 is 5.01. The molecule has 0 amide bonds. The Morgan fingerprint density at radius 1 is 1.33 bits per heavy atom. The normalized spacial score (nSPS) is 30.5. The number of nitrogens with two attached hydrogens (primary N) is 1. The monoisotopic (exact) mass is 189 g/mol. The van der Waals surface area contributed by atoms with E-state index in [0.717, 1.165) is 17.6 Å². The van der Waals surface area contributed by atoms with Crippen molar-refractivity contribution in [2.45, 2.75) is 37.0 Å². The maximum atomic E-state index is 5.82. The predicted molar refractivity (Wildman–Crippen MR) is 54.6 cm³/mol. The van der Waals surface area contributed by atoms with Gasteiger partial charge in [-0.05, 0) is 25.7 Å². The minimum absolute atomic E-state index is 0.476. The van der Waals surface area contributed by atoms with Crippen LogP contribution in [0.5, 0.6) is 0 Å². The average Bonchev–Trinajstić information content (AvgIpc) is 2.09. The molecule has 3 heteroatoms. The lowest BCUT2D eigenvalue weighted by molar-refractivity contribution is 0.218. The van der Waals surface area contributed by atoms with Gasteiger partial charge in [0, 0.05) is 24.2 Å². The number of ether oxygens (including phenoxy) is 1. The molecule has 2 N–H and O–H groups in total. The Bertz CT molecular complexity index is 113. The van der Waals surface area contributed by atoms with Gasteiger partial charge in [-0.15, -0.1) is 0 Å². The predicted octanol–water partition coefficient (Wildman–Crippen LogP) is 1.64. The minimum atomic E-state index is 0.476. The second-order valence-electron chi connectivity index (χ2n) is 3.40. The van der Waals surface area contributed by atoms with E-state index in [0.29, 0.717) is 6.04 Å². The maximum Gasteiger partial charge on any atom is 0.0553 e. The van der Waals surface area contributed by atoms with Crippen molar-refractivity contribution in [3.8, 4) is 0 Å². The molecule has 1 fully saturated rings. The Hall–Kier alpha value is 0.270. The van der Waals surface area contributed by atoms with Crippen LogP contribution in [0.25, 0.3) is 0 Å². The van der Waals surface area contributed by atoms with E-state index < -0.39 is 0 Å². The molecule has 1 rings (SSSR count). The molecule has 0 bridgehead atoms. The molecule has 1 aliphatic rings. The van der Waals surface area contributed by atoms with Crippen LogP contribution < -0.4 is 5.73 Å². The van der Waals surface area contributed by atoms with Crippen LogP contribution in [0.1, 0.15) is 25.7 Å². The number of methoxy groups -OCH3 is 1. The van der Waals surface area contributed by atoms with E-state index in [9.17, 15) is 0 Å². The average molecular weight is 189 g/mol. The van der Waals surface area contributed by atoms with E-state index in [1.165, 1.54) is 25.7 Å². The number of thioether (sulfide) groups is 1. The van der Waals surface area contributed by atoms with Crippen molar-refractivity contribution in [3.05, 3.63) is 0 Å². The third-order valence-corrected chi connectivity index (χ3v) is 3.71. The smallest absolute Gasteiger partial charge is 0.0553 e. The van der Waals surface area contributed by atoms with E-state index >= 15 is 0 Å². The van der Waals surface area contributed by atoms with E-state index in [-0.39, 0.29) is 0 Å². The first-order chi connectivity index (χ1) is 5.83. The van der Waals surface area contributed by atoms with Crippen LogP contribution >= 0.6 is 11.8 Å². The van der Waals surface area contributed by atoms with Crippen molar-refractivity contribution in [1.29, 1.82) is 0 Å². The van der Waals surface area contributed by atoms with Gasteiger partial charge >= 0.3 is 0 Å². The van der Waals surface area contributed by atoms with Crippen LogP contribution in [0.15, 0.2) is 0 Å². The van der Waals surface area contributed by atoms with Crippen LogP contribution in [-0.2, 0) is 4.74 Å². The van der Waals surface area contributed by atoms with Crippen molar-refractivity contribution >= 4 is 11.8 Å². The first kappa shape index (κ1) is 10.4. The summed E-state index contributed by atoms with van der Waals surface area (Å²) in [5.74, 6) is 1.14. The molecule has 2 nitrogen and oxygen atoms in total. The summed E-state index contributed by atoms with van der Waals surface area (Å²) in [6.45, 7) is 0.882. The highest BCUT2D eigenvalue weighted by atomic mass is 32.2. The molecular formula is C9H19NOS. The first-order valence-electron chi connectivity index (χ1n) is 4.69. The van der Waals surface area contributed by atoms with Crippen molar-refractivity contribution in [2.24, 2.45) is 5.73 Å². The zero-order valence-electron chi connectivity index (χ0n) is 7.79. The molecule has 0 atom stereocenters. The molecule has 0 heterocycles. The van der Waals surface area contributed by atoms with Crippen LogP contribution in [0, 0.1) is 0 Å². The van der Waals surface area contributed by atoms with E-state index in [2.05, 4.69) is 0 Å². The quantitative estimate of drug-likeness (QED) is 0.683. The number of hydrogen-bond donors (Lipinski definition) is 1. The van der Waals surface area contributed by atoms with Crippen molar-refractivity contribution in [3.63, 3.8) is 0 Å². The van der Waals surface area contributed by atoms with Gasteiger partial charge in [0.15, 0.2) is 0 Å². The number of rotatable bonds is 4. The Balaban J connectivity index is 2.01. The summed E-state index contributed by atoms with van der Waals surface area (Å²) in [6.07, 6.45) is 5.03. The van der Waals surface area contributed by atoms with Gasteiger partial charge in [0.1, 0.15) is 0 Å². The Kier molecular flexibility index (Phi) is 5.04. The molecule has 0 aliphatic heterocycles. The molecule has 0 aromatic rings. The summed E-state index contributed by atoms with van der Waals surface area (Å²) in [6, 6.07) is 0.476. The standard InChI is InChI=1S/C9H19NOS/c1-11-6-7-12-9-4-2-8(10)3-5-9/h8-9H,2-7,10H2,1H3. The first-order valence-corrected chi connectivity index (χ1v) is 5.74. The van der Waals surface area contributed by atoms with E-state index in [4.69, 9.17) is 10.5 Å². The minimum Gasteiger partial charge on any atom is -0.384 e. The number of hydrogen-bond acceptors (Lipinski definition) is 3. The molecule has 0 aromatic carbocycles. The van der Waals surface area contributed by atoms with E-state index in [1.54, 1.807) is 7.11 Å². The van der Waals surface area contributed by atoms with Crippen molar-refractivity contribution in [1.82, 2.24) is 0 Å². The van der Waals surface area contributed by atoms with Gasteiger partial charge in [-0.1, -0.05) is 0 Å². The molecule has 0 spiro atoms. The molecule has 0 unspecified atom stereocenters. The van der Waals surface area contributed by atoms with Crippen LogP contribution in [-0.4, -0.2) is 30.8 Å². The molecule has 0 saturated heterocycles. The molecule has 1 aliphatic carbocycles. The highest BCUT2D eigenvalue weighted by Gasteiger charge is 2.17. The molecule has 12 heavy (non-hydrogen) atoms. The lowest BCUT2D eigenvalue weighted by atomic mass is 9.96. The van der Waals surface area contributed by atoms with Gasteiger partial charge in [-0.25, -0.2) is 0 Å². The lowest BCUT2D eigenvalue weighted by Gasteiger charge is -2.25. The topological polar surface area (TPSA) is 35.2 Å². The summed E-state index contributed by atoms with van der Waals surface area (Å²) >= 11 is 2.04. The second kappa shape index (κ2) is 5.84. The fraction of sp³-hybridized carbons (Fsp3) is 1.00. The maximum absolute atomic E-state index is 5.82. The fourth-order valence-corrected chi connectivity index (χ4v) is 2.76. The van der Waals surface area contributed by atoms with Gasteiger partial charge in [0.2, 0.25) is 0 Å². The van der Waals surface area contributed by atoms with Crippen molar-refractivity contribution < 1.29 is 4.74 Å². The fourth-order valence-electron chi connectivity index (χ4n) is 1.55. The lowest BCUT2D eigenvalue weighted by Crippen LogP contribution is -2.27. The summed E-state index contributed by atoms with van der Waals surface area (Å²) in [4.78, 5) is 0. The third-order valence-electron chi connectivity index (χ3n) is 2.36. The van der Waals surface area contributed by atoms with Crippen LogP contribution in [0.3, 0.4) is 0 Å². The SMILES string of the molecule is COCCSC1CCC(N)CC1. The molecule has 1 saturated carbocycles. The summed E-state index contributed by atoms with van der Waals surface area (Å²) in [5, 5.41) is 0.847. The Morgan fingerprint density at radius 2 is 2.00 bits per heavy atom. The summed E-state index contributed by atoms with van der Waals surface area (Å²) in [5.41, 5.74) is 5.82. The zero-order valence-corrected chi connectivity index (χ0v) is 8.61. The largest absolute Gasteiger partial charge is 0.384 e. The molecule has 0 aromatic heterocycles.